The molecule has 3 N–H and O–H groups in total. The van der Waals surface area contributed by atoms with E-state index in [0.29, 0.717) is 13.0 Å². The van der Waals surface area contributed by atoms with Crippen LogP contribution in [0.2, 0.25) is 0 Å². The number of nitrogens with zero attached hydrogens (tertiary/aromatic N) is 1. The summed E-state index contributed by atoms with van der Waals surface area (Å²) in [5.41, 5.74) is 4.65. The highest BCUT2D eigenvalue weighted by Crippen LogP contribution is 2.21. The van der Waals surface area contributed by atoms with Crippen molar-refractivity contribution < 1.29 is 13.2 Å². The van der Waals surface area contributed by atoms with Crippen LogP contribution in [0.25, 0.3) is 0 Å². The topological polar surface area (TPSA) is 92.5 Å². The van der Waals surface area contributed by atoms with Gasteiger partial charge in [0.25, 0.3) is 0 Å². The van der Waals surface area contributed by atoms with Crippen LogP contribution in [0.4, 0.5) is 0 Å². The number of rotatable bonds is 5. The average molecular weight is 291 g/mol. The Balaban J connectivity index is 2.74. The quantitative estimate of drug-likeness (QED) is 0.702. The first-order chi connectivity index (χ1) is 8.61. The smallest absolute Gasteiger partial charge is 0.237 e. The van der Waals surface area contributed by atoms with Gasteiger partial charge in [-0.15, -0.1) is 0 Å². The molecule has 0 saturated carbocycles. The van der Waals surface area contributed by atoms with Gasteiger partial charge in [-0.25, -0.2) is 8.42 Å². The van der Waals surface area contributed by atoms with Crippen LogP contribution in [-0.2, 0) is 14.6 Å². The molecule has 1 amide bonds. The Morgan fingerprint density at radius 3 is 2.58 bits per heavy atom. The molecule has 3 unspecified atom stereocenters. The third kappa shape index (κ3) is 3.90. The number of hydrogen-bond donors (Lipinski definition) is 2. The Morgan fingerprint density at radius 1 is 1.58 bits per heavy atom. The summed E-state index contributed by atoms with van der Waals surface area (Å²) in [6.07, 6.45) is 0.559. The molecular weight excluding hydrogens is 266 g/mol. The van der Waals surface area contributed by atoms with Gasteiger partial charge in [-0.2, -0.15) is 0 Å². The molecule has 0 aromatic heterocycles. The number of sulfone groups is 1. The Labute approximate surface area is 115 Å². The highest BCUT2D eigenvalue weighted by molar-refractivity contribution is 7.91. The van der Waals surface area contributed by atoms with Gasteiger partial charge in [0.05, 0.1) is 17.0 Å². The normalized spacial score (nSPS) is 28.5. The van der Waals surface area contributed by atoms with Crippen molar-refractivity contribution in [3.63, 3.8) is 0 Å². The third-order valence-corrected chi connectivity index (χ3v) is 5.88. The number of amides is 1. The van der Waals surface area contributed by atoms with Crippen molar-refractivity contribution in [1.82, 2.24) is 10.2 Å². The lowest BCUT2D eigenvalue weighted by atomic mass is 9.92. The van der Waals surface area contributed by atoms with E-state index < -0.39 is 15.4 Å². The lowest BCUT2D eigenvalue weighted by Gasteiger charge is -2.40. The predicted octanol–water partition coefficient (Wildman–Crippen LogP) is -0.653. The predicted molar refractivity (Wildman–Crippen MR) is 75.6 cm³/mol. The molecule has 1 aliphatic rings. The zero-order chi connectivity index (χ0) is 14.8. The van der Waals surface area contributed by atoms with Gasteiger partial charge in [0, 0.05) is 18.6 Å². The van der Waals surface area contributed by atoms with E-state index >= 15 is 0 Å². The minimum atomic E-state index is -2.91. The molecule has 7 heteroatoms. The van der Waals surface area contributed by atoms with Crippen molar-refractivity contribution in [2.24, 2.45) is 5.73 Å². The second kappa shape index (κ2) is 5.76. The molecule has 19 heavy (non-hydrogen) atoms. The molecule has 1 heterocycles. The summed E-state index contributed by atoms with van der Waals surface area (Å²) >= 11 is 0. The molecule has 0 bridgehead atoms. The van der Waals surface area contributed by atoms with E-state index in [4.69, 9.17) is 5.73 Å². The van der Waals surface area contributed by atoms with Crippen LogP contribution in [0, 0.1) is 0 Å². The summed E-state index contributed by atoms with van der Waals surface area (Å²) in [5, 5.41) is 2.96. The fraction of sp³-hybridized carbons (Fsp3) is 0.917. The first-order valence-corrected chi connectivity index (χ1v) is 8.38. The monoisotopic (exact) mass is 291 g/mol. The van der Waals surface area contributed by atoms with Crippen LogP contribution in [-0.4, -0.2) is 61.9 Å². The van der Waals surface area contributed by atoms with Gasteiger partial charge < -0.3 is 11.1 Å². The van der Waals surface area contributed by atoms with Crippen LogP contribution >= 0.6 is 0 Å². The minimum Gasteiger partial charge on any atom is -0.368 e. The largest absolute Gasteiger partial charge is 0.368 e. The molecule has 3 atom stereocenters. The van der Waals surface area contributed by atoms with E-state index in [-0.39, 0.29) is 29.5 Å². The average Bonchev–Trinajstić information content (AvgIpc) is 2.26. The molecule has 0 aromatic carbocycles. The number of carbonyl (C=O) groups excluding carboxylic acids is 1. The number of hydrogen-bond acceptors (Lipinski definition) is 5. The number of primary amides is 1. The molecule has 1 aliphatic heterocycles. The Bertz CT molecular complexity index is 438. The Morgan fingerprint density at radius 2 is 2.16 bits per heavy atom. The lowest BCUT2D eigenvalue weighted by molar-refractivity contribution is -0.124. The van der Waals surface area contributed by atoms with Crippen LogP contribution in [0.3, 0.4) is 0 Å². The van der Waals surface area contributed by atoms with Crippen LogP contribution in [0.15, 0.2) is 0 Å². The first-order valence-electron chi connectivity index (χ1n) is 6.56. The summed E-state index contributed by atoms with van der Waals surface area (Å²) in [6.45, 7) is 6.21. The summed E-state index contributed by atoms with van der Waals surface area (Å²) in [7, 11) is -1.20. The van der Waals surface area contributed by atoms with Crippen LogP contribution < -0.4 is 11.1 Å². The number of likely N-dealkylation sites (N-methyl/N-ethyl adjacent to an activating group) is 1. The molecule has 0 spiro atoms. The van der Waals surface area contributed by atoms with Gasteiger partial charge in [0.15, 0.2) is 9.84 Å². The van der Waals surface area contributed by atoms with Crippen molar-refractivity contribution in [2.75, 3.05) is 25.1 Å². The SMILES string of the molecule is CNC(C)(CC(C)N1CCS(=O)(=O)CC1C)C(N)=O. The highest BCUT2D eigenvalue weighted by atomic mass is 32.2. The Kier molecular flexibility index (Phi) is 4.97. The fourth-order valence-corrected chi connectivity index (χ4v) is 4.28. The van der Waals surface area contributed by atoms with Crippen molar-refractivity contribution in [3.8, 4) is 0 Å². The molecule has 0 radical (unpaired) electrons. The maximum Gasteiger partial charge on any atom is 0.237 e. The van der Waals surface area contributed by atoms with Gasteiger partial charge in [-0.1, -0.05) is 0 Å². The van der Waals surface area contributed by atoms with Crippen molar-refractivity contribution in [2.45, 2.75) is 44.8 Å². The maximum atomic E-state index is 11.6. The molecule has 0 aliphatic carbocycles. The first kappa shape index (κ1) is 16.4. The molecule has 1 fully saturated rings. The number of nitrogens with two attached hydrogens (primary N) is 1. The molecule has 112 valence electrons. The van der Waals surface area contributed by atoms with Crippen LogP contribution in [0.5, 0.6) is 0 Å². The molecule has 0 aromatic rings. The number of carbonyl (C=O) groups is 1. The second-order valence-electron chi connectivity index (χ2n) is 5.70. The number of nitrogens with one attached hydrogen (secondary N) is 1. The summed E-state index contributed by atoms with van der Waals surface area (Å²) < 4.78 is 23.1. The molecule has 6 nitrogen and oxygen atoms in total. The highest BCUT2D eigenvalue weighted by Gasteiger charge is 2.36. The molecule has 1 rings (SSSR count). The third-order valence-electron chi connectivity index (χ3n) is 4.09. The fourth-order valence-electron chi connectivity index (χ4n) is 2.70. The zero-order valence-electron chi connectivity index (χ0n) is 12.1. The van der Waals surface area contributed by atoms with E-state index in [1.807, 2.05) is 13.8 Å². The molecule has 1 saturated heterocycles. The lowest BCUT2D eigenvalue weighted by Crippen LogP contribution is -2.58. The van der Waals surface area contributed by atoms with E-state index in [9.17, 15) is 13.2 Å². The van der Waals surface area contributed by atoms with E-state index in [1.54, 1.807) is 14.0 Å². The van der Waals surface area contributed by atoms with E-state index in [1.165, 1.54) is 0 Å². The molecular formula is C12H25N3O3S. The maximum absolute atomic E-state index is 11.6. The zero-order valence-corrected chi connectivity index (χ0v) is 13.0. The van der Waals surface area contributed by atoms with Crippen LogP contribution in [0.1, 0.15) is 27.2 Å². The van der Waals surface area contributed by atoms with Gasteiger partial charge in [0.1, 0.15) is 0 Å². The van der Waals surface area contributed by atoms with E-state index in [0.717, 1.165) is 0 Å². The summed E-state index contributed by atoms with van der Waals surface area (Å²) in [5.74, 6) is -0.0160. The van der Waals surface area contributed by atoms with Crippen molar-refractivity contribution >= 4 is 15.7 Å². The van der Waals surface area contributed by atoms with Gasteiger partial charge in [-0.05, 0) is 34.2 Å². The van der Waals surface area contributed by atoms with Gasteiger partial charge in [0.2, 0.25) is 5.91 Å². The Hall–Kier alpha value is -0.660. The van der Waals surface area contributed by atoms with Crippen molar-refractivity contribution in [1.29, 1.82) is 0 Å². The standard InChI is InChI=1S/C12H25N3O3S/c1-9(7-12(3,14-4)11(13)16)15-5-6-19(17,18)8-10(15)2/h9-10,14H,5-8H2,1-4H3,(H2,13,16). The van der Waals surface area contributed by atoms with Crippen molar-refractivity contribution in [3.05, 3.63) is 0 Å². The second-order valence-corrected chi connectivity index (χ2v) is 7.93. The summed E-state index contributed by atoms with van der Waals surface area (Å²) in [6, 6.07) is 0.0678. The summed E-state index contributed by atoms with van der Waals surface area (Å²) in [4.78, 5) is 13.6. The minimum absolute atomic E-state index is 0.0252. The van der Waals surface area contributed by atoms with E-state index in [2.05, 4.69) is 10.2 Å². The van der Waals surface area contributed by atoms with Gasteiger partial charge >= 0.3 is 0 Å². The van der Waals surface area contributed by atoms with Gasteiger partial charge in [-0.3, -0.25) is 9.69 Å².